The molecule has 0 radical (unpaired) electrons. The van der Waals surface area contributed by atoms with Crippen LogP contribution in [0.1, 0.15) is 69.8 Å². The molecule has 166 valence electrons. The number of anilines is 1. The van der Waals surface area contributed by atoms with Gasteiger partial charge in [-0.3, -0.25) is 4.79 Å². The lowest BCUT2D eigenvalue weighted by molar-refractivity contribution is 0.0172. The lowest BCUT2D eigenvalue weighted by Gasteiger charge is -2.34. The van der Waals surface area contributed by atoms with Gasteiger partial charge in [0, 0.05) is 31.7 Å². The molecule has 1 aliphatic heterocycles. The molecule has 3 rings (SSSR count). The van der Waals surface area contributed by atoms with Crippen molar-refractivity contribution >= 4 is 29.3 Å². The van der Waals surface area contributed by atoms with Crippen LogP contribution in [0.15, 0.2) is 6.07 Å². The van der Waals surface area contributed by atoms with Crippen molar-refractivity contribution in [3.8, 4) is 0 Å². The van der Waals surface area contributed by atoms with E-state index in [0.717, 1.165) is 38.5 Å². The summed E-state index contributed by atoms with van der Waals surface area (Å²) in [6.07, 6.45) is 5.89. The number of piperidine rings is 1. The molecule has 0 bridgehead atoms. The second-order valence-corrected chi connectivity index (χ2v) is 9.59. The summed E-state index contributed by atoms with van der Waals surface area (Å²) in [5.74, 6) is 0.0107. The van der Waals surface area contributed by atoms with Gasteiger partial charge in [-0.25, -0.2) is 4.79 Å². The van der Waals surface area contributed by atoms with Crippen LogP contribution in [0, 0.1) is 5.92 Å². The highest BCUT2D eigenvalue weighted by Crippen LogP contribution is 2.23. The zero-order valence-electron chi connectivity index (χ0n) is 18.0. The van der Waals surface area contributed by atoms with Crippen molar-refractivity contribution in [2.24, 2.45) is 5.92 Å². The first-order chi connectivity index (χ1) is 14.2. The number of nitrogens with one attached hydrogen (secondary N) is 2. The number of hydrogen-bond acceptors (Lipinski definition) is 6. The number of ether oxygens (including phenoxy) is 1. The van der Waals surface area contributed by atoms with E-state index in [-0.39, 0.29) is 34.8 Å². The van der Waals surface area contributed by atoms with Crippen LogP contribution in [0.25, 0.3) is 0 Å². The molecule has 0 aromatic carbocycles. The number of carbonyl (C=O) groups is 2. The van der Waals surface area contributed by atoms with Crippen molar-refractivity contribution in [2.75, 3.05) is 25.0 Å². The Labute approximate surface area is 183 Å². The summed E-state index contributed by atoms with van der Waals surface area (Å²) in [6, 6.07) is 1.83. The third kappa shape index (κ3) is 6.45. The Morgan fingerprint density at radius 1 is 1.20 bits per heavy atom. The topological polar surface area (TPSA) is 96.4 Å². The summed E-state index contributed by atoms with van der Waals surface area (Å²) < 4.78 is 5.50. The molecule has 1 saturated carbocycles. The number of halogens is 1. The molecule has 2 aliphatic rings. The van der Waals surface area contributed by atoms with Crippen molar-refractivity contribution in [2.45, 2.75) is 70.9 Å². The number of aromatic nitrogens is 2. The Bertz CT molecular complexity index is 761. The molecule has 1 unspecified atom stereocenters. The van der Waals surface area contributed by atoms with Gasteiger partial charge in [0.1, 0.15) is 5.60 Å². The minimum absolute atomic E-state index is 0.198. The first kappa shape index (κ1) is 22.6. The highest BCUT2D eigenvalue weighted by Gasteiger charge is 2.28. The predicted octanol–water partition coefficient (Wildman–Crippen LogP) is 3.86. The minimum atomic E-state index is -0.511. The van der Waals surface area contributed by atoms with Crippen molar-refractivity contribution in [3.05, 3.63) is 16.9 Å². The molecule has 1 aromatic rings. The van der Waals surface area contributed by atoms with E-state index in [1.807, 2.05) is 20.8 Å². The lowest BCUT2D eigenvalue weighted by atomic mass is 9.98. The van der Waals surface area contributed by atoms with E-state index in [2.05, 4.69) is 20.8 Å². The zero-order chi connectivity index (χ0) is 21.7. The average Bonchev–Trinajstić information content (AvgIpc) is 3.18. The van der Waals surface area contributed by atoms with Gasteiger partial charge in [0.25, 0.3) is 5.91 Å². The molecule has 1 saturated heterocycles. The van der Waals surface area contributed by atoms with E-state index in [9.17, 15) is 9.59 Å². The molecule has 2 amide bonds. The summed E-state index contributed by atoms with van der Waals surface area (Å²) in [5.41, 5.74) is 0.314. The van der Waals surface area contributed by atoms with E-state index in [0.29, 0.717) is 25.3 Å². The largest absolute Gasteiger partial charge is 0.444 e. The van der Waals surface area contributed by atoms with Crippen LogP contribution in [0.4, 0.5) is 10.5 Å². The Hall–Kier alpha value is -2.09. The van der Waals surface area contributed by atoms with Gasteiger partial charge in [0.15, 0.2) is 10.8 Å². The van der Waals surface area contributed by atoms with Crippen molar-refractivity contribution < 1.29 is 14.3 Å². The zero-order valence-corrected chi connectivity index (χ0v) is 18.8. The summed E-state index contributed by atoms with van der Waals surface area (Å²) in [6.45, 7) is 7.51. The van der Waals surface area contributed by atoms with Gasteiger partial charge in [0.05, 0.1) is 5.69 Å². The van der Waals surface area contributed by atoms with Crippen LogP contribution in [0.2, 0.25) is 5.15 Å². The SMILES string of the molecule is CC(C)(C)OC(=O)N1CCCC(CNc2cc(Cl)nnc2C(=O)NC2CCCC2)C1. The summed E-state index contributed by atoms with van der Waals surface area (Å²) in [4.78, 5) is 26.8. The van der Waals surface area contributed by atoms with E-state index in [4.69, 9.17) is 16.3 Å². The van der Waals surface area contributed by atoms with Gasteiger partial charge in [-0.15, -0.1) is 10.2 Å². The second-order valence-electron chi connectivity index (χ2n) is 9.20. The number of nitrogens with zero attached hydrogens (tertiary/aromatic N) is 3. The molecule has 2 N–H and O–H groups in total. The Balaban J connectivity index is 1.60. The van der Waals surface area contributed by atoms with Crippen LogP contribution in [0.5, 0.6) is 0 Å². The predicted molar refractivity (Wildman–Crippen MR) is 116 cm³/mol. The fraction of sp³-hybridized carbons (Fsp3) is 0.714. The smallest absolute Gasteiger partial charge is 0.410 e. The third-order valence-corrected chi connectivity index (χ3v) is 5.61. The third-order valence-electron chi connectivity index (χ3n) is 5.42. The quantitative estimate of drug-likeness (QED) is 0.725. The summed E-state index contributed by atoms with van der Waals surface area (Å²) >= 11 is 6.02. The maximum absolute atomic E-state index is 12.7. The molecule has 8 nitrogen and oxygen atoms in total. The molecule has 1 aromatic heterocycles. The average molecular weight is 438 g/mol. The number of amides is 2. The summed E-state index contributed by atoms with van der Waals surface area (Å²) in [5, 5.41) is 14.5. The van der Waals surface area contributed by atoms with Crippen molar-refractivity contribution in [1.29, 1.82) is 0 Å². The fourth-order valence-corrected chi connectivity index (χ4v) is 4.12. The highest BCUT2D eigenvalue weighted by atomic mass is 35.5. The number of hydrogen-bond donors (Lipinski definition) is 2. The van der Waals surface area contributed by atoms with E-state index in [1.165, 1.54) is 0 Å². The number of rotatable bonds is 5. The van der Waals surface area contributed by atoms with E-state index < -0.39 is 5.60 Å². The van der Waals surface area contributed by atoms with Crippen LogP contribution in [-0.2, 0) is 4.74 Å². The monoisotopic (exact) mass is 437 g/mol. The normalized spacial score (nSPS) is 20.1. The fourth-order valence-electron chi connectivity index (χ4n) is 3.97. The molecule has 1 aliphatic carbocycles. The van der Waals surface area contributed by atoms with E-state index >= 15 is 0 Å². The lowest BCUT2D eigenvalue weighted by Crippen LogP contribution is -2.44. The van der Waals surface area contributed by atoms with Gasteiger partial charge >= 0.3 is 6.09 Å². The molecule has 30 heavy (non-hydrogen) atoms. The summed E-state index contributed by atoms with van der Waals surface area (Å²) in [7, 11) is 0. The number of likely N-dealkylation sites (tertiary alicyclic amines) is 1. The first-order valence-electron chi connectivity index (χ1n) is 10.8. The molecule has 2 fully saturated rings. The molecule has 1 atom stereocenters. The van der Waals surface area contributed by atoms with Crippen LogP contribution < -0.4 is 10.6 Å². The molecular weight excluding hydrogens is 406 g/mol. The molecule has 9 heteroatoms. The van der Waals surface area contributed by atoms with Crippen molar-refractivity contribution in [3.63, 3.8) is 0 Å². The van der Waals surface area contributed by atoms with Gasteiger partial charge in [-0.1, -0.05) is 24.4 Å². The van der Waals surface area contributed by atoms with Gasteiger partial charge < -0.3 is 20.3 Å². The first-order valence-corrected chi connectivity index (χ1v) is 11.1. The Morgan fingerprint density at radius 3 is 2.63 bits per heavy atom. The van der Waals surface area contributed by atoms with Gasteiger partial charge in [-0.2, -0.15) is 0 Å². The molecule has 0 spiro atoms. The second kappa shape index (κ2) is 9.81. The van der Waals surface area contributed by atoms with Gasteiger partial charge in [0.2, 0.25) is 0 Å². The van der Waals surface area contributed by atoms with Crippen molar-refractivity contribution in [1.82, 2.24) is 20.4 Å². The molecule has 2 heterocycles. The van der Waals surface area contributed by atoms with E-state index in [1.54, 1.807) is 11.0 Å². The van der Waals surface area contributed by atoms with Crippen LogP contribution >= 0.6 is 11.6 Å². The maximum atomic E-state index is 12.7. The standard InChI is InChI=1S/C21H32ClN5O3/c1-21(2,3)30-20(29)27-10-6-7-14(13-27)12-23-16-11-17(22)25-26-18(16)19(28)24-15-8-4-5-9-15/h11,14-15H,4-10,12-13H2,1-3H3,(H,23,25)(H,24,28). The highest BCUT2D eigenvalue weighted by molar-refractivity contribution is 6.29. The van der Waals surface area contributed by atoms with Crippen LogP contribution in [-0.4, -0.2) is 58.4 Å². The maximum Gasteiger partial charge on any atom is 0.410 e. The minimum Gasteiger partial charge on any atom is -0.444 e. The number of carbonyl (C=O) groups excluding carboxylic acids is 2. The Morgan fingerprint density at radius 2 is 1.93 bits per heavy atom. The van der Waals surface area contributed by atoms with Gasteiger partial charge in [-0.05, 0) is 52.4 Å². The molecular formula is C21H32ClN5O3. The van der Waals surface area contributed by atoms with Crippen LogP contribution in [0.3, 0.4) is 0 Å². The Kier molecular flexibility index (Phi) is 7.39.